The van der Waals surface area contributed by atoms with E-state index in [0.29, 0.717) is 44.9 Å². The van der Waals surface area contributed by atoms with Crippen LogP contribution in [0.4, 0.5) is 0 Å². The van der Waals surface area contributed by atoms with Crippen LogP contribution in [0.3, 0.4) is 0 Å². The van der Waals surface area contributed by atoms with Gasteiger partial charge in [-0.25, -0.2) is 8.37 Å². The van der Waals surface area contributed by atoms with Gasteiger partial charge < -0.3 is 93.0 Å². The van der Waals surface area contributed by atoms with Gasteiger partial charge >= 0.3 is 32.7 Å². The Labute approximate surface area is 527 Å². The molecule has 5 saturated heterocycles. The minimum Gasteiger partial charge on any atom is -0.462 e. The van der Waals surface area contributed by atoms with Gasteiger partial charge in [-0.05, 0) is 101 Å². The predicted octanol–water partition coefficient (Wildman–Crippen LogP) is -0.978. The first-order valence-electron chi connectivity index (χ1n) is 30.2. The number of methoxy groups -OCH3 is 1. The number of fused-ring (bicyclic) bond motifs is 4. The first kappa shape index (κ1) is 72.7. The number of hydrogen-bond acceptors (Lipinski definition) is 29. The Morgan fingerprint density at radius 1 is 0.736 bits per heavy atom. The zero-order valence-corrected chi connectivity index (χ0v) is 54.2. The molecule has 5 heterocycles. The van der Waals surface area contributed by atoms with E-state index in [1.807, 2.05) is 27.7 Å². The lowest BCUT2D eigenvalue weighted by atomic mass is 9.41. The zero-order valence-electron chi connectivity index (χ0n) is 51.7. The van der Waals surface area contributed by atoms with Crippen LogP contribution in [0.5, 0.6) is 0 Å². The Hall–Kier alpha value is -2.61. The highest BCUT2D eigenvalue weighted by molar-refractivity contribution is 7.86. The van der Waals surface area contributed by atoms with Gasteiger partial charge in [-0.15, -0.1) is 6.58 Å². The highest BCUT2D eigenvalue weighted by Crippen LogP contribution is 2.77. The average molecular weight is 1370 g/mol. The third kappa shape index (κ3) is 13.6. The Morgan fingerprint density at radius 2 is 1.36 bits per heavy atom. The number of hydrogen-bond donors (Lipinski definition) is 11. The van der Waals surface area contributed by atoms with Gasteiger partial charge in [-0.3, -0.25) is 23.2 Å². The first-order valence-corrected chi connectivity index (χ1v) is 34.4. The molecule has 0 amide bonds. The number of aliphatic hydroxyl groups excluding tert-OH is 8. The van der Waals surface area contributed by atoms with Gasteiger partial charge in [0.2, 0.25) is 5.44 Å². The van der Waals surface area contributed by atoms with Gasteiger partial charge in [-0.1, -0.05) is 44.9 Å². The fourth-order valence-corrected chi connectivity index (χ4v) is 18.3. The molecule has 11 N–H and O–H groups in total. The summed E-state index contributed by atoms with van der Waals surface area (Å²) in [5.74, 6) is -1.25. The van der Waals surface area contributed by atoms with Crippen LogP contribution in [-0.2, 0) is 101 Å². The van der Waals surface area contributed by atoms with Crippen molar-refractivity contribution in [3.05, 3.63) is 23.8 Å². The topological polar surface area (TPSA) is 479 Å². The molecule has 8 fully saturated rings. The van der Waals surface area contributed by atoms with Crippen molar-refractivity contribution < 1.29 is 150 Å². The number of allylic oxidation sites excluding steroid dienone is 3. The summed E-state index contributed by atoms with van der Waals surface area (Å²) in [5, 5.41) is 90.6. The van der Waals surface area contributed by atoms with Crippen molar-refractivity contribution in [2.24, 2.45) is 39.4 Å². The van der Waals surface area contributed by atoms with Crippen molar-refractivity contribution in [3.63, 3.8) is 0 Å². The maximum atomic E-state index is 14.7. The van der Waals surface area contributed by atoms with Crippen LogP contribution in [0, 0.1) is 39.4 Å². The molecule has 522 valence electrons. The molecule has 1 spiro atoms. The summed E-state index contributed by atoms with van der Waals surface area (Å²) in [5.41, 5.74) is -4.46. The highest BCUT2D eigenvalue weighted by atomic mass is 32.3. The summed E-state index contributed by atoms with van der Waals surface area (Å²) >= 11 is 0. The molecule has 0 aromatic heterocycles. The summed E-state index contributed by atoms with van der Waals surface area (Å²) in [4.78, 5) is 27.5. The van der Waals surface area contributed by atoms with Crippen LogP contribution in [0.15, 0.2) is 23.8 Å². The summed E-state index contributed by atoms with van der Waals surface area (Å²) in [6.45, 7) is 17.1. The van der Waals surface area contributed by atoms with Crippen molar-refractivity contribution in [2.75, 3.05) is 20.3 Å². The predicted molar refractivity (Wildman–Crippen MR) is 303 cm³/mol. The molecule has 32 nitrogen and oxygen atoms in total. The maximum absolute atomic E-state index is 14.7. The Bertz CT molecular complexity index is 3060. The van der Waals surface area contributed by atoms with Crippen LogP contribution in [-0.4, -0.2) is 252 Å². The third-order valence-electron chi connectivity index (χ3n) is 21.2. The fraction of sp³-hybridized carbons (Fsp3) is 0.893. The van der Waals surface area contributed by atoms with Crippen LogP contribution in [0.25, 0.3) is 0 Å². The zero-order chi connectivity index (χ0) is 67.4. The molecule has 0 aromatic rings. The molecular weight excluding hydrogens is 1280 g/mol. The smallest absolute Gasteiger partial charge is 0.397 e. The molecule has 9 rings (SSSR count). The lowest BCUT2D eigenvalue weighted by Gasteiger charge is -2.64. The van der Waals surface area contributed by atoms with Crippen molar-refractivity contribution >= 4 is 42.9 Å². The molecule has 5 aliphatic heterocycles. The Kier molecular flexibility index (Phi) is 21.0. The van der Waals surface area contributed by atoms with Crippen LogP contribution in [0.2, 0.25) is 0 Å². The molecule has 9 aliphatic rings. The van der Waals surface area contributed by atoms with Crippen molar-refractivity contribution in [1.29, 1.82) is 0 Å². The van der Waals surface area contributed by atoms with E-state index in [1.165, 1.54) is 13.8 Å². The third-order valence-corrected chi connectivity index (χ3v) is 23.0. The van der Waals surface area contributed by atoms with Crippen LogP contribution in [0.1, 0.15) is 113 Å². The number of ether oxygens (including phenoxy) is 11. The monoisotopic (exact) mass is 1370 g/mol. The average Bonchev–Trinajstić information content (AvgIpc) is 1.52. The van der Waals surface area contributed by atoms with Crippen LogP contribution < -0.4 is 0 Å². The Morgan fingerprint density at radius 3 is 1.98 bits per heavy atom. The van der Waals surface area contributed by atoms with E-state index in [4.69, 9.17) is 56.3 Å². The molecular formula is C56H88O32S3. The highest BCUT2D eigenvalue weighted by Gasteiger charge is 2.79. The lowest BCUT2D eigenvalue weighted by molar-refractivity contribution is -0.389. The van der Waals surface area contributed by atoms with E-state index in [0.717, 1.165) is 31.1 Å². The molecule has 0 bridgehead atoms. The number of carbonyl (C=O) groups is 2. The van der Waals surface area contributed by atoms with E-state index in [2.05, 4.69) is 30.7 Å². The van der Waals surface area contributed by atoms with E-state index >= 15 is 0 Å². The second-order valence-corrected chi connectivity index (χ2v) is 30.9. The first-order chi connectivity index (χ1) is 42.0. The van der Waals surface area contributed by atoms with Crippen molar-refractivity contribution in [3.8, 4) is 0 Å². The van der Waals surface area contributed by atoms with Gasteiger partial charge in [0.15, 0.2) is 25.2 Å². The summed E-state index contributed by atoms with van der Waals surface area (Å²) < 4.78 is 174. The molecule has 0 aromatic carbocycles. The van der Waals surface area contributed by atoms with Gasteiger partial charge in [-0.2, -0.15) is 25.3 Å². The molecule has 91 heavy (non-hydrogen) atoms. The standard InChI is InChI=1S/C56H88O32S3/c1-23(2)12-11-17-55(9)45-28(80-25(4)57)20-54(8)27-13-14-31-52(5,6)32(16-18-53(31,7)26(27)15-19-56(45,54)51(66)87-55)82-50-44(34(59)30(21-77-50)88-91(73,74)75)86-47-36(61)35(60)40(24(3)79-47)83-48-39(64)42(33(58)29(81-48)22-78-90(70,71)72)84-49-38(63)41(76-10)37(62)43(85-49)46(65)89(67,68)69/h13,24,26,28-50,58-65H,1,11-12,14-22H2,2-10H3,(H,67,68,69)(H,70,71,72)(H,73,74,75)/t24-,26+,28+,29-,30-,31+,32+,33-,34+,35-,36-,37+,38-,39-,40-,41+,42+,43+,44-,45-,46?,47+,48+,49-,50+,53-,54+,55+,56-/m1/s1. The van der Waals surface area contributed by atoms with Gasteiger partial charge in [0.05, 0.1) is 36.8 Å². The minimum atomic E-state index is -5.40. The summed E-state index contributed by atoms with van der Waals surface area (Å²) in [6.07, 6.45) is -32.7. The quantitative estimate of drug-likeness (QED) is 0.0374. The summed E-state index contributed by atoms with van der Waals surface area (Å²) in [6, 6.07) is 0. The van der Waals surface area contributed by atoms with E-state index in [-0.39, 0.29) is 17.8 Å². The van der Waals surface area contributed by atoms with Crippen LogP contribution >= 0.6 is 0 Å². The van der Waals surface area contributed by atoms with E-state index < -0.39 is 218 Å². The van der Waals surface area contributed by atoms with Gasteiger partial charge in [0.25, 0.3) is 10.1 Å². The number of esters is 2. The largest absolute Gasteiger partial charge is 0.462 e. The van der Waals surface area contributed by atoms with Crippen molar-refractivity contribution in [1.82, 2.24) is 0 Å². The molecule has 3 saturated carbocycles. The Balaban J connectivity index is 0.931. The number of rotatable bonds is 21. The molecule has 1 unspecified atom stereocenters. The molecule has 4 aliphatic carbocycles. The number of carbonyl (C=O) groups excluding carboxylic acids is 2. The van der Waals surface area contributed by atoms with Gasteiger partial charge in [0.1, 0.15) is 97.2 Å². The maximum Gasteiger partial charge on any atom is 0.397 e. The normalized spacial score (nSPS) is 47.0. The molecule has 0 radical (unpaired) electrons. The number of cyclic esters (lactones) is 1. The van der Waals surface area contributed by atoms with Crippen molar-refractivity contribution in [2.45, 2.75) is 253 Å². The second kappa shape index (κ2) is 26.3. The molecule has 35 heteroatoms. The number of aliphatic hydroxyl groups is 8. The summed E-state index contributed by atoms with van der Waals surface area (Å²) in [7, 11) is -15.0. The second-order valence-electron chi connectivity index (χ2n) is 27.2. The minimum absolute atomic E-state index is 0.0259. The molecule has 29 atom stereocenters. The van der Waals surface area contributed by atoms with Gasteiger partial charge in [0, 0.05) is 19.4 Å². The van der Waals surface area contributed by atoms with E-state index in [9.17, 15) is 89.4 Å². The lowest BCUT2D eigenvalue weighted by Crippen LogP contribution is -2.67. The van der Waals surface area contributed by atoms with E-state index in [1.54, 1.807) is 0 Å². The fourth-order valence-electron chi connectivity index (χ4n) is 17.0. The SMILES string of the molecule is C=C(C)CCC[C@]1(C)OC(=O)[C@]23CC[C@H]4C(=CC[C@H]5C(C)(C)[C@@H](O[C@@H]6OC[C@@H](OS(=O)(=O)O)[C@H](O)[C@H]6O[C@@H]6O[C@H](C)[C@@H](O[C@@H]7O[C@H](COS(=O)(=O)O)[C@@H](O)[C@H](O[C@@H]8O[C@H](C(O)S(=O)(=O)O)[C@@H](O)[C@H](OC)[C@H]8O)[C@H]7O)[C@H](O)[C@H]6O)CC[C@]45C)[C@]2(C)C[C@H](OC(C)=O)[C@@H]31.